The van der Waals surface area contributed by atoms with Gasteiger partial charge in [-0.3, -0.25) is 0 Å². The van der Waals surface area contributed by atoms with Gasteiger partial charge >= 0.3 is 5.97 Å². The van der Waals surface area contributed by atoms with Crippen LogP contribution in [0.3, 0.4) is 0 Å². The quantitative estimate of drug-likeness (QED) is 0.377. The summed E-state index contributed by atoms with van der Waals surface area (Å²) >= 11 is 0. The van der Waals surface area contributed by atoms with E-state index in [1.54, 1.807) is 0 Å². The molecule has 0 aliphatic carbocycles. The predicted octanol–water partition coefficient (Wildman–Crippen LogP) is 1.30. The average molecular weight is 193 g/mol. The van der Waals surface area contributed by atoms with Gasteiger partial charge in [-0.1, -0.05) is 0 Å². The van der Waals surface area contributed by atoms with Crippen molar-refractivity contribution in [3.05, 3.63) is 23.5 Å². The van der Waals surface area contributed by atoms with E-state index in [0.29, 0.717) is 17.9 Å². The van der Waals surface area contributed by atoms with Gasteiger partial charge in [-0.25, -0.2) is 4.79 Å². The van der Waals surface area contributed by atoms with Crippen LogP contribution in [-0.2, 0) is 14.3 Å². The molecular formula is C10H11NO3. The lowest BCUT2D eigenvalue weighted by molar-refractivity contribution is -0.135. The van der Waals surface area contributed by atoms with Crippen LogP contribution >= 0.6 is 0 Å². The Balaban J connectivity index is 2.92. The first-order chi connectivity index (χ1) is 6.79. The van der Waals surface area contributed by atoms with Crippen molar-refractivity contribution in [1.82, 2.24) is 0 Å². The van der Waals surface area contributed by atoms with Gasteiger partial charge < -0.3 is 9.47 Å². The molecule has 0 aromatic rings. The normalized spacial score (nSPS) is 18.9. The lowest BCUT2D eigenvalue weighted by Crippen LogP contribution is -2.05. The highest BCUT2D eigenvalue weighted by atomic mass is 16.5. The van der Waals surface area contributed by atoms with Crippen molar-refractivity contribution in [2.24, 2.45) is 0 Å². The van der Waals surface area contributed by atoms with Crippen LogP contribution in [0, 0.1) is 11.3 Å². The van der Waals surface area contributed by atoms with Crippen LogP contribution in [0.1, 0.15) is 12.8 Å². The first kappa shape index (κ1) is 10.3. The predicted molar refractivity (Wildman–Crippen MR) is 49.0 cm³/mol. The number of nitriles is 1. The molecule has 0 aromatic heterocycles. The van der Waals surface area contributed by atoms with E-state index in [2.05, 4.69) is 4.74 Å². The van der Waals surface area contributed by atoms with Crippen molar-refractivity contribution in [3.63, 3.8) is 0 Å². The minimum absolute atomic E-state index is 0.339. The van der Waals surface area contributed by atoms with Gasteiger partial charge in [-0.15, -0.1) is 0 Å². The summed E-state index contributed by atoms with van der Waals surface area (Å²) in [6, 6.07) is 1.82. The van der Waals surface area contributed by atoms with Gasteiger partial charge in [0.05, 0.1) is 25.4 Å². The number of allylic oxidation sites excluding steroid dienone is 2. The molecule has 1 rings (SSSR count). The van der Waals surface area contributed by atoms with Gasteiger partial charge in [0.25, 0.3) is 0 Å². The van der Waals surface area contributed by atoms with Gasteiger partial charge in [0, 0.05) is 12.5 Å². The zero-order valence-corrected chi connectivity index (χ0v) is 7.95. The smallest absolute Gasteiger partial charge is 0.341 e. The molecule has 0 bridgehead atoms. The Morgan fingerprint density at radius 1 is 1.71 bits per heavy atom. The maximum atomic E-state index is 11.3. The fraction of sp³-hybridized carbons (Fsp3) is 0.400. The molecule has 0 N–H and O–H groups in total. The van der Waals surface area contributed by atoms with Crippen molar-refractivity contribution in [1.29, 1.82) is 5.26 Å². The molecule has 1 saturated heterocycles. The number of hydrogen-bond acceptors (Lipinski definition) is 4. The second-order valence-electron chi connectivity index (χ2n) is 2.74. The van der Waals surface area contributed by atoms with Crippen molar-refractivity contribution in [3.8, 4) is 6.07 Å². The molecule has 14 heavy (non-hydrogen) atoms. The van der Waals surface area contributed by atoms with Crippen LogP contribution in [0.15, 0.2) is 23.5 Å². The Labute approximate surface area is 82.4 Å². The van der Waals surface area contributed by atoms with Crippen LogP contribution in [0.2, 0.25) is 0 Å². The molecule has 74 valence electrons. The molecule has 1 heterocycles. The Morgan fingerprint density at radius 3 is 3.00 bits per heavy atom. The molecule has 4 heteroatoms. The minimum Gasteiger partial charge on any atom is -0.497 e. The highest BCUT2D eigenvalue weighted by molar-refractivity contribution is 5.92. The van der Waals surface area contributed by atoms with Crippen LogP contribution in [-0.4, -0.2) is 19.7 Å². The molecular weight excluding hydrogens is 182 g/mol. The zero-order valence-electron chi connectivity index (χ0n) is 7.95. The van der Waals surface area contributed by atoms with E-state index >= 15 is 0 Å². The number of carbonyl (C=O) groups is 1. The topological polar surface area (TPSA) is 59.3 Å². The fourth-order valence-corrected chi connectivity index (χ4v) is 1.22. The lowest BCUT2D eigenvalue weighted by Gasteiger charge is -2.03. The first-order valence-corrected chi connectivity index (χ1v) is 4.30. The van der Waals surface area contributed by atoms with Gasteiger partial charge in [-0.2, -0.15) is 5.26 Å². The van der Waals surface area contributed by atoms with Crippen molar-refractivity contribution >= 4 is 5.97 Å². The minimum atomic E-state index is -0.464. The second kappa shape index (κ2) is 5.07. The zero-order chi connectivity index (χ0) is 10.4. The molecule has 4 nitrogen and oxygen atoms in total. The number of nitrogens with zero attached hydrogens (tertiary/aromatic N) is 1. The fourth-order valence-electron chi connectivity index (χ4n) is 1.22. The van der Waals surface area contributed by atoms with Crippen LogP contribution in [0.4, 0.5) is 0 Å². The molecule has 1 aliphatic heterocycles. The molecule has 0 saturated carbocycles. The molecule has 0 aromatic carbocycles. The number of hydrogen-bond donors (Lipinski definition) is 0. The van der Waals surface area contributed by atoms with Crippen molar-refractivity contribution < 1.29 is 14.3 Å². The summed E-state index contributed by atoms with van der Waals surface area (Å²) in [5.41, 5.74) is 0.339. The number of esters is 1. The van der Waals surface area contributed by atoms with E-state index in [4.69, 9.17) is 10.00 Å². The highest BCUT2D eigenvalue weighted by Crippen LogP contribution is 2.21. The monoisotopic (exact) mass is 193 g/mol. The molecule has 0 radical (unpaired) electrons. The third kappa shape index (κ3) is 2.36. The van der Waals surface area contributed by atoms with E-state index < -0.39 is 5.97 Å². The van der Waals surface area contributed by atoms with Gasteiger partial charge in [0.15, 0.2) is 0 Å². The molecule has 0 spiro atoms. The summed E-state index contributed by atoms with van der Waals surface area (Å²) in [5, 5.41) is 8.36. The Bertz CT molecular complexity index is 315. The van der Waals surface area contributed by atoms with E-state index in [1.807, 2.05) is 6.07 Å². The highest BCUT2D eigenvalue weighted by Gasteiger charge is 2.18. The van der Waals surface area contributed by atoms with Crippen LogP contribution < -0.4 is 0 Å². The molecule has 1 aliphatic rings. The van der Waals surface area contributed by atoms with Crippen LogP contribution in [0.5, 0.6) is 0 Å². The molecule has 0 amide bonds. The summed E-state index contributed by atoms with van der Waals surface area (Å²) in [7, 11) is 1.30. The standard InChI is InChI=1S/C10H11NO3/c1-13-10(12)8(4-2-6-11)9-5-3-7-14-9/h2,4H,3,5,7H2,1H3/b4-2+,9-8+. The molecule has 1 fully saturated rings. The van der Waals surface area contributed by atoms with Crippen molar-refractivity contribution in [2.45, 2.75) is 12.8 Å². The Hall–Kier alpha value is -1.76. The second-order valence-corrected chi connectivity index (χ2v) is 2.74. The Kier molecular flexibility index (Phi) is 3.74. The number of methoxy groups -OCH3 is 1. The van der Waals surface area contributed by atoms with E-state index in [9.17, 15) is 4.79 Å². The summed E-state index contributed by atoms with van der Waals surface area (Å²) < 4.78 is 9.84. The Morgan fingerprint density at radius 2 is 2.50 bits per heavy atom. The maximum Gasteiger partial charge on any atom is 0.341 e. The molecule has 0 unspecified atom stereocenters. The van der Waals surface area contributed by atoms with Crippen molar-refractivity contribution in [2.75, 3.05) is 13.7 Å². The van der Waals surface area contributed by atoms with Gasteiger partial charge in [-0.05, 0) is 12.5 Å². The maximum absolute atomic E-state index is 11.3. The summed E-state index contributed by atoms with van der Waals surface area (Å²) in [4.78, 5) is 11.3. The average Bonchev–Trinajstić information content (AvgIpc) is 2.71. The number of ether oxygens (including phenoxy) is 2. The first-order valence-electron chi connectivity index (χ1n) is 4.30. The van der Waals surface area contributed by atoms with Gasteiger partial charge in [0.1, 0.15) is 5.76 Å². The summed E-state index contributed by atoms with van der Waals surface area (Å²) in [6.07, 6.45) is 4.28. The van der Waals surface area contributed by atoms with Crippen LogP contribution in [0.25, 0.3) is 0 Å². The van der Waals surface area contributed by atoms with E-state index in [-0.39, 0.29) is 0 Å². The van der Waals surface area contributed by atoms with E-state index in [1.165, 1.54) is 19.3 Å². The third-order valence-corrected chi connectivity index (χ3v) is 1.85. The lowest BCUT2D eigenvalue weighted by atomic mass is 10.1. The third-order valence-electron chi connectivity index (χ3n) is 1.85. The molecule has 0 atom stereocenters. The summed E-state index contributed by atoms with van der Waals surface area (Å²) in [6.45, 7) is 0.621. The summed E-state index contributed by atoms with van der Waals surface area (Å²) in [5.74, 6) is 0.150. The van der Waals surface area contributed by atoms with Gasteiger partial charge in [0.2, 0.25) is 0 Å². The number of carbonyl (C=O) groups excluding carboxylic acids is 1. The largest absolute Gasteiger partial charge is 0.497 e. The SMILES string of the molecule is COC(=O)C(/C=C/C#N)=C1\CCCO1. The number of rotatable bonds is 2. The van der Waals surface area contributed by atoms with E-state index in [0.717, 1.165) is 12.8 Å².